The van der Waals surface area contributed by atoms with Crippen molar-refractivity contribution >= 4 is 12.0 Å². The van der Waals surface area contributed by atoms with Crippen molar-refractivity contribution in [3.05, 3.63) is 0 Å². The van der Waals surface area contributed by atoms with Gasteiger partial charge in [0.1, 0.15) is 11.6 Å². The van der Waals surface area contributed by atoms with E-state index in [0.29, 0.717) is 12.5 Å². The van der Waals surface area contributed by atoms with E-state index in [-0.39, 0.29) is 18.0 Å². The highest BCUT2D eigenvalue weighted by atomic mass is 16.6. The molecule has 0 saturated carbocycles. The number of hydrogen-bond acceptors (Lipinski definition) is 3. The summed E-state index contributed by atoms with van der Waals surface area (Å²) in [6.45, 7) is 9.99. The first-order valence-electron chi connectivity index (χ1n) is 8.06. The second-order valence-electron chi connectivity index (χ2n) is 7.36. The van der Waals surface area contributed by atoms with Gasteiger partial charge in [0.25, 0.3) is 0 Å². The van der Waals surface area contributed by atoms with Crippen molar-refractivity contribution in [2.75, 3.05) is 19.6 Å². The zero-order valence-electron chi connectivity index (χ0n) is 13.7. The Balaban J connectivity index is 2.00. The van der Waals surface area contributed by atoms with Gasteiger partial charge in [0.2, 0.25) is 5.91 Å². The fourth-order valence-corrected chi connectivity index (χ4v) is 3.16. The number of ether oxygens (including phenoxy) is 1. The molecule has 0 spiro atoms. The topological polar surface area (TPSA) is 49.9 Å². The van der Waals surface area contributed by atoms with Crippen molar-refractivity contribution in [1.29, 1.82) is 0 Å². The van der Waals surface area contributed by atoms with Crippen molar-refractivity contribution in [2.24, 2.45) is 5.92 Å². The van der Waals surface area contributed by atoms with E-state index in [1.807, 2.05) is 25.7 Å². The summed E-state index contributed by atoms with van der Waals surface area (Å²) in [5, 5.41) is 0. The average Bonchev–Trinajstić information content (AvgIpc) is 2.85. The van der Waals surface area contributed by atoms with Gasteiger partial charge in [-0.25, -0.2) is 4.79 Å². The van der Waals surface area contributed by atoms with Crippen LogP contribution >= 0.6 is 0 Å². The maximum absolute atomic E-state index is 12.7. The van der Waals surface area contributed by atoms with Crippen LogP contribution in [0.15, 0.2) is 0 Å². The van der Waals surface area contributed by atoms with Crippen LogP contribution in [0, 0.1) is 5.92 Å². The van der Waals surface area contributed by atoms with Crippen LogP contribution in [0.3, 0.4) is 0 Å². The Hall–Kier alpha value is -1.26. The lowest BCUT2D eigenvalue weighted by atomic mass is 9.99. The van der Waals surface area contributed by atoms with Crippen LogP contribution in [0.25, 0.3) is 0 Å². The third-order valence-corrected chi connectivity index (χ3v) is 4.13. The van der Waals surface area contributed by atoms with Crippen LogP contribution in [-0.2, 0) is 9.53 Å². The molecule has 2 heterocycles. The van der Waals surface area contributed by atoms with Gasteiger partial charge in [-0.1, -0.05) is 6.92 Å². The van der Waals surface area contributed by atoms with Gasteiger partial charge < -0.3 is 9.64 Å². The smallest absolute Gasteiger partial charge is 0.410 e. The molecule has 0 aromatic rings. The molecule has 21 heavy (non-hydrogen) atoms. The zero-order chi connectivity index (χ0) is 15.6. The SMILES string of the molecule is CC1CCCN(C(=O)[C@@H]2CCCN2C(=O)OC(C)(C)C)C1. The molecule has 2 aliphatic heterocycles. The maximum Gasteiger partial charge on any atom is 0.410 e. The Bertz CT molecular complexity index is 403. The minimum absolute atomic E-state index is 0.102. The normalized spacial score (nSPS) is 26.9. The van der Waals surface area contributed by atoms with Crippen molar-refractivity contribution in [3.8, 4) is 0 Å². The summed E-state index contributed by atoms with van der Waals surface area (Å²) in [5.74, 6) is 0.656. The van der Waals surface area contributed by atoms with Gasteiger partial charge in [-0.15, -0.1) is 0 Å². The molecule has 5 nitrogen and oxygen atoms in total. The third-order valence-electron chi connectivity index (χ3n) is 4.13. The summed E-state index contributed by atoms with van der Waals surface area (Å²) in [5.41, 5.74) is -0.521. The summed E-state index contributed by atoms with van der Waals surface area (Å²) in [4.78, 5) is 28.5. The average molecular weight is 296 g/mol. The highest BCUT2D eigenvalue weighted by Gasteiger charge is 2.39. The van der Waals surface area contributed by atoms with Gasteiger partial charge in [0.15, 0.2) is 0 Å². The van der Waals surface area contributed by atoms with Crippen LogP contribution in [0.1, 0.15) is 53.4 Å². The first-order valence-corrected chi connectivity index (χ1v) is 8.06. The summed E-state index contributed by atoms with van der Waals surface area (Å²) in [7, 11) is 0. The molecule has 120 valence electrons. The number of piperidine rings is 1. The van der Waals surface area contributed by atoms with Crippen molar-refractivity contribution in [2.45, 2.75) is 65.0 Å². The van der Waals surface area contributed by atoms with Gasteiger partial charge in [-0.05, 0) is 52.4 Å². The van der Waals surface area contributed by atoms with Gasteiger partial charge in [-0.3, -0.25) is 9.69 Å². The maximum atomic E-state index is 12.7. The number of rotatable bonds is 1. The largest absolute Gasteiger partial charge is 0.444 e. The van der Waals surface area contributed by atoms with Crippen LogP contribution in [0.4, 0.5) is 4.79 Å². The van der Waals surface area contributed by atoms with Gasteiger partial charge in [0.05, 0.1) is 0 Å². The van der Waals surface area contributed by atoms with Crippen LogP contribution in [0.2, 0.25) is 0 Å². The van der Waals surface area contributed by atoms with E-state index < -0.39 is 5.60 Å². The molecule has 0 aromatic carbocycles. The fourth-order valence-electron chi connectivity index (χ4n) is 3.16. The lowest BCUT2D eigenvalue weighted by Crippen LogP contribution is -2.51. The van der Waals surface area contributed by atoms with E-state index in [1.54, 1.807) is 4.90 Å². The summed E-state index contributed by atoms with van der Waals surface area (Å²) >= 11 is 0. The first-order chi connectivity index (χ1) is 9.78. The highest BCUT2D eigenvalue weighted by Crippen LogP contribution is 2.24. The molecule has 0 aromatic heterocycles. The fraction of sp³-hybridized carbons (Fsp3) is 0.875. The third kappa shape index (κ3) is 4.11. The van der Waals surface area contributed by atoms with Gasteiger partial charge in [-0.2, -0.15) is 0 Å². The Morgan fingerprint density at radius 1 is 1.10 bits per heavy atom. The number of carbonyl (C=O) groups is 2. The molecule has 2 amide bonds. The zero-order valence-corrected chi connectivity index (χ0v) is 13.7. The molecule has 5 heteroatoms. The van der Waals surface area contributed by atoms with Crippen LogP contribution in [-0.4, -0.2) is 53.1 Å². The molecular weight excluding hydrogens is 268 g/mol. The minimum Gasteiger partial charge on any atom is -0.444 e. The lowest BCUT2D eigenvalue weighted by Gasteiger charge is -2.35. The summed E-state index contributed by atoms with van der Waals surface area (Å²) in [6, 6.07) is -0.329. The molecule has 2 atom stereocenters. The van der Waals surface area contributed by atoms with Crippen molar-refractivity contribution in [3.63, 3.8) is 0 Å². The molecule has 0 N–H and O–H groups in total. The quantitative estimate of drug-likeness (QED) is 0.747. The Kier molecular flexibility index (Phi) is 4.79. The van der Waals surface area contributed by atoms with Crippen LogP contribution < -0.4 is 0 Å². The number of amides is 2. The molecule has 1 unspecified atom stereocenters. The van der Waals surface area contributed by atoms with E-state index >= 15 is 0 Å². The highest BCUT2D eigenvalue weighted by molar-refractivity contribution is 5.86. The van der Waals surface area contributed by atoms with Crippen LogP contribution in [0.5, 0.6) is 0 Å². The predicted octanol–water partition coefficient (Wildman–Crippen LogP) is 2.64. The number of hydrogen-bond donors (Lipinski definition) is 0. The number of carbonyl (C=O) groups excluding carboxylic acids is 2. The Morgan fingerprint density at radius 2 is 1.76 bits per heavy atom. The molecule has 0 radical (unpaired) electrons. The molecule has 2 fully saturated rings. The molecule has 2 aliphatic rings. The number of likely N-dealkylation sites (tertiary alicyclic amines) is 2. The standard InChI is InChI=1S/C16H28N2O3/c1-12-7-5-9-17(11-12)14(19)13-8-6-10-18(13)15(20)21-16(2,3)4/h12-13H,5-11H2,1-4H3/t12?,13-/m0/s1. The van der Waals surface area contributed by atoms with Gasteiger partial charge in [0, 0.05) is 19.6 Å². The Labute approximate surface area is 127 Å². The second kappa shape index (κ2) is 6.24. The van der Waals surface area contributed by atoms with Gasteiger partial charge >= 0.3 is 6.09 Å². The van der Waals surface area contributed by atoms with Crippen molar-refractivity contribution < 1.29 is 14.3 Å². The summed E-state index contributed by atoms with van der Waals surface area (Å²) in [6.07, 6.45) is 3.52. The van der Waals surface area contributed by atoms with E-state index in [0.717, 1.165) is 32.4 Å². The minimum atomic E-state index is -0.521. The van der Waals surface area contributed by atoms with E-state index in [2.05, 4.69) is 6.92 Å². The first kappa shape index (κ1) is 16.1. The summed E-state index contributed by atoms with van der Waals surface area (Å²) < 4.78 is 5.43. The van der Waals surface area contributed by atoms with E-state index in [9.17, 15) is 9.59 Å². The molecule has 2 saturated heterocycles. The monoisotopic (exact) mass is 296 g/mol. The Morgan fingerprint density at radius 3 is 2.38 bits per heavy atom. The van der Waals surface area contributed by atoms with Crippen molar-refractivity contribution in [1.82, 2.24) is 9.80 Å². The molecule has 0 bridgehead atoms. The predicted molar refractivity (Wildman–Crippen MR) is 80.9 cm³/mol. The lowest BCUT2D eigenvalue weighted by molar-refractivity contribution is -0.137. The number of nitrogens with zero attached hydrogens (tertiary/aromatic N) is 2. The second-order valence-corrected chi connectivity index (χ2v) is 7.36. The molecular formula is C16H28N2O3. The van der Waals surface area contributed by atoms with E-state index in [1.165, 1.54) is 6.42 Å². The van der Waals surface area contributed by atoms with E-state index in [4.69, 9.17) is 4.74 Å². The molecule has 0 aliphatic carbocycles. The molecule has 2 rings (SSSR count).